The quantitative estimate of drug-likeness (QED) is 0.681. The number of carbonyl (C=O) groups is 1. The molecule has 0 fully saturated rings. The van der Waals surface area contributed by atoms with E-state index in [1.54, 1.807) is 17.8 Å². The average molecular weight is 433 g/mol. The lowest BCUT2D eigenvalue weighted by Crippen LogP contribution is -2.45. The summed E-state index contributed by atoms with van der Waals surface area (Å²) in [5, 5.41) is 3.25. The van der Waals surface area contributed by atoms with E-state index in [2.05, 4.69) is 5.32 Å². The van der Waals surface area contributed by atoms with Crippen LogP contribution < -0.4 is 9.62 Å². The summed E-state index contributed by atoms with van der Waals surface area (Å²) >= 11 is 13.4. The number of anilines is 2. The summed E-state index contributed by atoms with van der Waals surface area (Å²) in [5.74, 6) is -0.459. The molecular formula is C17H18Cl2N2O3S2. The third-order valence-corrected chi connectivity index (χ3v) is 6.29. The molecule has 0 aliphatic heterocycles. The maximum atomic E-state index is 12.6. The highest BCUT2D eigenvalue weighted by molar-refractivity contribution is 7.98. The van der Waals surface area contributed by atoms with Gasteiger partial charge in [-0.3, -0.25) is 9.10 Å². The molecule has 0 saturated carbocycles. The molecule has 5 nitrogen and oxygen atoms in total. The molecule has 1 N–H and O–H groups in total. The Hall–Kier alpha value is -1.41. The summed E-state index contributed by atoms with van der Waals surface area (Å²) in [6, 6.07) is 10.7. The molecule has 26 heavy (non-hydrogen) atoms. The van der Waals surface area contributed by atoms with E-state index in [0.29, 0.717) is 10.7 Å². The molecule has 2 rings (SSSR count). The van der Waals surface area contributed by atoms with Crippen LogP contribution in [0.4, 0.5) is 11.4 Å². The van der Waals surface area contributed by atoms with Crippen LogP contribution >= 0.6 is 35.0 Å². The van der Waals surface area contributed by atoms with E-state index in [0.717, 1.165) is 15.5 Å². The van der Waals surface area contributed by atoms with Crippen molar-refractivity contribution in [3.8, 4) is 0 Å². The number of nitrogens with one attached hydrogen (secondary N) is 1. The lowest BCUT2D eigenvalue weighted by Gasteiger charge is -2.28. The Morgan fingerprint density at radius 1 is 1.15 bits per heavy atom. The largest absolute Gasteiger partial charge is 0.324 e. The third kappa shape index (κ3) is 5.07. The number of rotatable bonds is 6. The minimum absolute atomic E-state index is 0.207. The predicted octanol–water partition coefficient (Wildman–Crippen LogP) is 4.51. The molecule has 140 valence electrons. The van der Waals surface area contributed by atoms with Crippen molar-refractivity contribution in [2.24, 2.45) is 0 Å². The zero-order chi connectivity index (χ0) is 19.5. The van der Waals surface area contributed by atoms with Crippen LogP contribution in [0, 0.1) is 0 Å². The van der Waals surface area contributed by atoms with Crippen molar-refractivity contribution in [2.75, 3.05) is 22.1 Å². The van der Waals surface area contributed by atoms with Crippen molar-refractivity contribution >= 4 is 62.3 Å². The van der Waals surface area contributed by atoms with Crippen LogP contribution in [0.1, 0.15) is 6.92 Å². The highest BCUT2D eigenvalue weighted by Gasteiger charge is 2.29. The van der Waals surface area contributed by atoms with Crippen LogP contribution in [0.2, 0.25) is 10.0 Å². The maximum Gasteiger partial charge on any atom is 0.247 e. The van der Waals surface area contributed by atoms with E-state index < -0.39 is 22.0 Å². The number of thioether (sulfide) groups is 1. The van der Waals surface area contributed by atoms with Gasteiger partial charge in [-0.15, -0.1) is 11.8 Å². The van der Waals surface area contributed by atoms with Crippen LogP contribution in [0.15, 0.2) is 47.4 Å². The van der Waals surface area contributed by atoms with Gasteiger partial charge in [-0.25, -0.2) is 8.42 Å². The molecule has 0 aliphatic carbocycles. The van der Waals surface area contributed by atoms with Gasteiger partial charge in [0.25, 0.3) is 0 Å². The first kappa shape index (κ1) is 20.9. The second kappa shape index (κ2) is 8.52. The highest BCUT2D eigenvalue weighted by Crippen LogP contribution is 2.30. The molecule has 0 spiro atoms. The van der Waals surface area contributed by atoms with Crippen LogP contribution in [0.25, 0.3) is 0 Å². The van der Waals surface area contributed by atoms with Gasteiger partial charge in [-0.2, -0.15) is 0 Å². The molecule has 2 aromatic carbocycles. The Kier molecular flexibility index (Phi) is 6.85. The Labute approximate surface area is 167 Å². The summed E-state index contributed by atoms with van der Waals surface area (Å²) in [4.78, 5) is 13.6. The molecule has 0 radical (unpaired) electrons. The van der Waals surface area contributed by atoms with E-state index in [1.165, 1.54) is 25.1 Å². The molecule has 0 aliphatic rings. The SMILES string of the molecule is CSc1cccc(NC(=O)C(C)N(c2ccc(Cl)c(Cl)c2)S(C)(=O)=O)c1. The van der Waals surface area contributed by atoms with Crippen molar-refractivity contribution in [2.45, 2.75) is 17.9 Å². The van der Waals surface area contributed by atoms with Gasteiger partial charge in [0.15, 0.2) is 0 Å². The highest BCUT2D eigenvalue weighted by atomic mass is 35.5. The van der Waals surface area contributed by atoms with Gasteiger partial charge < -0.3 is 5.32 Å². The molecule has 2 aromatic rings. The van der Waals surface area contributed by atoms with Crippen LogP contribution in [-0.4, -0.2) is 32.9 Å². The van der Waals surface area contributed by atoms with Crippen molar-refractivity contribution in [1.29, 1.82) is 0 Å². The number of hydrogen-bond acceptors (Lipinski definition) is 4. The van der Waals surface area contributed by atoms with Crippen LogP contribution in [0.5, 0.6) is 0 Å². The fourth-order valence-electron chi connectivity index (χ4n) is 2.38. The van der Waals surface area contributed by atoms with Crippen molar-refractivity contribution < 1.29 is 13.2 Å². The van der Waals surface area contributed by atoms with Gasteiger partial charge >= 0.3 is 0 Å². The Morgan fingerprint density at radius 3 is 2.42 bits per heavy atom. The van der Waals surface area contributed by atoms with Crippen molar-refractivity contribution in [1.82, 2.24) is 0 Å². The number of halogens is 2. The Bertz CT molecular complexity index is 920. The van der Waals surface area contributed by atoms with Gasteiger partial charge in [-0.05, 0) is 49.6 Å². The molecule has 0 bridgehead atoms. The number of sulfonamides is 1. The summed E-state index contributed by atoms with van der Waals surface area (Å²) in [7, 11) is -3.73. The molecule has 0 aromatic heterocycles. The minimum Gasteiger partial charge on any atom is -0.324 e. The zero-order valence-electron chi connectivity index (χ0n) is 14.4. The number of amides is 1. The summed E-state index contributed by atoms with van der Waals surface area (Å²) < 4.78 is 25.6. The normalized spacial score (nSPS) is 12.5. The summed E-state index contributed by atoms with van der Waals surface area (Å²) in [6.07, 6.45) is 2.97. The van der Waals surface area contributed by atoms with E-state index in [1.807, 2.05) is 24.5 Å². The third-order valence-electron chi connectivity index (χ3n) is 3.58. The molecule has 1 unspecified atom stereocenters. The average Bonchev–Trinajstić information content (AvgIpc) is 2.57. The zero-order valence-corrected chi connectivity index (χ0v) is 17.5. The van der Waals surface area contributed by atoms with Crippen molar-refractivity contribution in [3.05, 3.63) is 52.5 Å². The number of hydrogen-bond donors (Lipinski definition) is 1. The first-order chi connectivity index (χ1) is 12.1. The lowest BCUT2D eigenvalue weighted by atomic mass is 10.2. The van der Waals surface area contributed by atoms with E-state index in [9.17, 15) is 13.2 Å². The van der Waals surface area contributed by atoms with Gasteiger partial charge in [0.05, 0.1) is 22.0 Å². The van der Waals surface area contributed by atoms with E-state index in [4.69, 9.17) is 23.2 Å². The van der Waals surface area contributed by atoms with Crippen molar-refractivity contribution in [3.63, 3.8) is 0 Å². The Morgan fingerprint density at radius 2 is 1.85 bits per heavy atom. The molecule has 0 heterocycles. The summed E-state index contributed by atoms with van der Waals surface area (Å²) in [5.41, 5.74) is 0.860. The predicted molar refractivity (Wildman–Crippen MR) is 110 cm³/mol. The number of carbonyl (C=O) groups excluding carboxylic acids is 1. The smallest absolute Gasteiger partial charge is 0.247 e. The minimum atomic E-state index is -3.73. The van der Waals surface area contributed by atoms with E-state index >= 15 is 0 Å². The molecule has 1 atom stereocenters. The standard InChI is InChI=1S/C17H18Cl2N2O3S2/c1-11(17(22)20-12-5-4-6-14(9-12)25-2)21(26(3,23)24)13-7-8-15(18)16(19)10-13/h4-11H,1-3H3,(H,20,22). The first-order valence-corrected chi connectivity index (χ1v) is 11.4. The lowest BCUT2D eigenvalue weighted by molar-refractivity contribution is -0.116. The van der Waals surface area contributed by atoms with Gasteiger partial charge in [-0.1, -0.05) is 29.3 Å². The van der Waals surface area contributed by atoms with Crippen LogP contribution in [0.3, 0.4) is 0 Å². The second-order valence-corrected chi connectivity index (χ2v) is 9.11. The van der Waals surface area contributed by atoms with Gasteiger partial charge in [0.2, 0.25) is 15.9 Å². The van der Waals surface area contributed by atoms with E-state index in [-0.39, 0.29) is 10.7 Å². The fraction of sp³-hybridized carbons (Fsp3) is 0.235. The molecule has 0 saturated heterocycles. The maximum absolute atomic E-state index is 12.6. The van der Waals surface area contributed by atoms with Gasteiger partial charge in [0.1, 0.15) is 6.04 Å². The van der Waals surface area contributed by atoms with Crippen LogP contribution in [-0.2, 0) is 14.8 Å². The Balaban J connectivity index is 2.32. The number of nitrogens with zero attached hydrogens (tertiary/aromatic N) is 1. The first-order valence-electron chi connectivity index (χ1n) is 7.53. The second-order valence-electron chi connectivity index (χ2n) is 5.55. The topological polar surface area (TPSA) is 66.5 Å². The molecular weight excluding hydrogens is 415 g/mol. The number of benzene rings is 2. The fourth-order valence-corrected chi connectivity index (χ4v) is 4.30. The monoisotopic (exact) mass is 432 g/mol. The summed E-state index contributed by atoms with van der Waals surface area (Å²) in [6.45, 7) is 1.51. The molecule has 9 heteroatoms. The van der Waals surface area contributed by atoms with Gasteiger partial charge in [0, 0.05) is 10.6 Å². The molecule has 1 amide bonds.